The fourth-order valence-electron chi connectivity index (χ4n) is 2.87. The molecule has 3 heteroatoms. The topological polar surface area (TPSA) is 43.7 Å². The smallest absolute Gasteiger partial charge is 0.0558 e. The van der Waals surface area contributed by atoms with Crippen molar-refractivity contribution in [2.45, 2.75) is 45.6 Å². The molecule has 0 heterocycles. The summed E-state index contributed by atoms with van der Waals surface area (Å²) in [6, 6.07) is 0.578. The maximum absolute atomic E-state index is 9.01. The Bertz CT molecular complexity index is 171. The van der Waals surface area contributed by atoms with Gasteiger partial charge in [-0.25, -0.2) is 0 Å². The first-order valence-electron chi connectivity index (χ1n) is 6.64. The molecule has 0 amide bonds. The summed E-state index contributed by atoms with van der Waals surface area (Å²) in [5, 5.41) is 18.0. The van der Waals surface area contributed by atoms with Crippen LogP contribution in [0, 0.1) is 11.8 Å². The predicted molar refractivity (Wildman–Crippen MR) is 66.3 cm³/mol. The van der Waals surface area contributed by atoms with Crippen LogP contribution in [0.25, 0.3) is 0 Å². The first-order chi connectivity index (χ1) is 7.69. The van der Waals surface area contributed by atoms with Crippen molar-refractivity contribution >= 4 is 0 Å². The number of aliphatic hydroxyl groups excluding tert-OH is 2. The van der Waals surface area contributed by atoms with E-state index in [1.54, 1.807) is 0 Å². The van der Waals surface area contributed by atoms with E-state index in [1.807, 2.05) is 0 Å². The lowest BCUT2D eigenvalue weighted by Gasteiger charge is -2.37. The van der Waals surface area contributed by atoms with Gasteiger partial charge >= 0.3 is 0 Å². The minimum Gasteiger partial charge on any atom is -0.395 e. The van der Waals surface area contributed by atoms with Crippen molar-refractivity contribution in [3.8, 4) is 0 Å². The molecule has 2 N–H and O–H groups in total. The first kappa shape index (κ1) is 13.9. The minimum atomic E-state index is 0.199. The van der Waals surface area contributed by atoms with E-state index in [0.717, 1.165) is 11.8 Å². The van der Waals surface area contributed by atoms with E-state index >= 15 is 0 Å². The largest absolute Gasteiger partial charge is 0.395 e. The lowest BCUT2D eigenvalue weighted by molar-refractivity contribution is 0.0842. The number of hydrogen-bond acceptors (Lipinski definition) is 3. The van der Waals surface area contributed by atoms with E-state index in [2.05, 4.69) is 18.7 Å². The molecule has 96 valence electrons. The maximum Gasteiger partial charge on any atom is 0.0558 e. The summed E-state index contributed by atoms with van der Waals surface area (Å²) in [6.45, 7) is 6.43. The van der Waals surface area contributed by atoms with Crippen molar-refractivity contribution in [1.82, 2.24) is 4.90 Å². The zero-order valence-corrected chi connectivity index (χ0v) is 10.7. The van der Waals surface area contributed by atoms with Gasteiger partial charge in [0.2, 0.25) is 0 Å². The summed E-state index contributed by atoms with van der Waals surface area (Å²) < 4.78 is 0. The van der Waals surface area contributed by atoms with Gasteiger partial charge in [-0.05, 0) is 37.5 Å². The van der Waals surface area contributed by atoms with Gasteiger partial charge in [0.15, 0.2) is 0 Å². The molecule has 0 spiro atoms. The normalized spacial score (nSPS) is 26.6. The van der Waals surface area contributed by atoms with Crippen molar-refractivity contribution < 1.29 is 10.2 Å². The summed E-state index contributed by atoms with van der Waals surface area (Å²) >= 11 is 0. The molecule has 0 radical (unpaired) electrons. The summed E-state index contributed by atoms with van der Waals surface area (Å²) in [7, 11) is 0. The zero-order valence-electron chi connectivity index (χ0n) is 10.7. The van der Waals surface area contributed by atoms with Crippen LogP contribution in [0.3, 0.4) is 0 Å². The third kappa shape index (κ3) is 4.04. The molecule has 0 aliphatic heterocycles. The van der Waals surface area contributed by atoms with Crippen LogP contribution in [0.2, 0.25) is 0 Å². The van der Waals surface area contributed by atoms with E-state index in [9.17, 15) is 0 Å². The fraction of sp³-hybridized carbons (Fsp3) is 1.00. The van der Waals surface area contributed by atoms with Crippen LogP contribution in [0.1, 0.15) is 39.5 Å². The van der Waals surface area contributed by atoms with Crippen LogP contribution < -0.4 is 0 Å². The van der Waals surface area contributed by atoms with Crippen LogP contribution in [0.15, 0.2) is 0 Å². The molecule has 1 aliphatic rings. The molecular weight excluding hydrogens is 202 g/mol. The van der Waals surface area contributed by atoms with E-state index in [4.69, 9.17) is 10.2 Å². The van der Waals surface area contributed by atoms with E-state index in [1.165, 1.54) is 25.7 Å². The monoisotopic (exact) mass is 229 g/mol. The second-order valence-electron chi connectivity index (χ2n) is 5.30. The highest BCUT2D eigenvalue weighted by molar-refractivity contribution is 4.80. The van der Waals surface area contributed by atoms with Gasteiger partial charge < -0.3 is 10.2 Å². The van der Waals surface area contributed by atoms with Gasteiger partial charge in [-0.2, -0.15) is 0 Å². The van der Waals surface area contributed by atoms with Crippen LogP contribution in [-0.4, -0.2) is 47.5 Å². The molecule has 0 aromatic rings. The van der Waals surface area contributed by atoms with Gasteiger partial charge in [0.1, 0.15) is 0 Å². The van der Waals surface area contributed by atoms with Crippen molar-refractivity contribution in [2.24, 2.45) is 11.8 Å². The fourth-order valence-corrected chi connectivity index (χ4v) is 2.87. The van der Waals surface area contributed by atoms with Crippen molar-refractivity contribution in [2.75, 3.05) is 26.3 Å². The predicted octanol–water partition coefficient (Wildman–Crippen LogP) is 1.49. The number of nitrogens with zero attached hydrogens (tertiary/aromatic N) is 1. The standard InChI is InChI=1S/C13H27NO2/c1-11(2)12-3-5-13(6-4-12)14(7-9-15)8-10-16/h11-13,15-16H,3-10H2,1-2H3. The Morgan fingerprint density at radius 3 is 1.88 bits per heavy atom. The third-order valence-corrected chi connectivity index (χ3v) is 3.97. The van der Waals surface area contributed by atoms with Crippen LogP contribution in [0.5, 0.6) is 0 Å². The lowest BCUT2D eigenvalue weighted by atomic mass is 9.79. The van der Waals surface area contributed by atoms with Crippen molar-refractivity contribution in [1.29, 1.82) is 0 Å². The molecule has 0 unspecified atom stereocenters. The summed E-state index contributed by atoms with van der Waals surface area (Å²) in [6.07, 6.45) is 5.05. The Balaban J connectivity index is 2.37. The van der Waals surface area contributed by atoms with E-state index in [0.29, 0.717) is 19.1 Å². The Labute approximate surface area is 99.5 Å². The SMILES string of the molecule is CC(C)C1CCC(N(CCO)CCO)CC1. The van der Waals surface area contributed by atoms with Crippen molar-refractivity contribution in [3.05, 3.63) is 0 Å². The molecule has 1 aliphatic carbocycles. The van der Waals surface area contributed by atoms with Gasteiger partial charge in [-0.1, -0.05) is 13.8 Å². The molecule has 0 aromatic carbocycles. The highest BCUT2D eigenvalue weighted by atomic mass is 16.3. The molecule has 1 fully saturated rings. The van der Waals surface area contributed by atoms with E-state index in [-0.39, 0.29) is 13.2 Å². The van der Waals surface area contributed by atoms with Crippen LogP contribution in [0.4, 0.5) is 0 Å². The molecule has 1 saturated carbocycles. The third-order valence-electron chi connectivity index (χ3n) is 3.97. The first-order valence-corrected chi connectivity index (χ1v) is 6.64. The number of hydrogen-bond donors (Lipinski definition) is 2. The van der Waals surface area contributed by atoms with Gasteiger partial charge in [0.25, 0.3) is 0 Å². The highest BCUT2D eigenvalue weighted by Crippen LogP contribution is 2.31. The van der Waals surface area contributed by atoms with Gasteiger partial charge in [0, 0.05) is 19.1 Å². The zero-order chi connectivity index (χ0) is 12.0. The second-order valence-corrected chi connectivity index (χ2v) is 5.30. The Morgan fingerprint density at radius 1 is 1.00 bits per heavy atom. The molecule has 0 aromatic heterocycles. The van der Waals surface area contributed by atoms with Gasteiger partial charge in [-0.15, -0.1) is 0 Å². The Kier molecular flexibility index (Phi) is 6.32. The van der Waals surface area contributed by atoms with Crippen LogP contribution >= 0.6 is 0 Å². The molecule has 3 nitrogen and oxygen atoms in total. The summed E-state index contributed by atoms with van der Waals surface area (Å²) in [4.78, 5) is 2.25. The van der Waals surface area contributed by atoms with E-state index < -0.39 is 0 Å². The number of rotatable bonds is 6. The Hall–Kier alpha value is -0.120. The highest BCUT2D eigenvalue weighted by Gasteiger charge is 2.26. The summed E-state index contributed by atoms with van der Waals surface area (Å²) in [5.74, 6) is 1.67. The van der Waals surface area contributed by atoms with Gasteiger partial charge in [-0.3, -0.25) is 4.90 Å². The lowest BCUT2D eigenvalue weighted by Crippen LogP contribution is -2.41. The average molecular weight is 229 g/mol. The maximum atomic E-state index is 9.01. The molecule has 16 heavy (non-hydrogen) atoms. The molecule has 1 rings (SSSR count). The second kappa shape index (κ2) is 7.25. The number of aliphatic hydroxyl groups is 2. The average Bonchev–Trinajstić information content (AvgIpc) is 2.29. The van der Waals surface area contributed by atoms with Crippen LogP contribution in [-0.2, 0) is 0 Å². The van der Waals surface area contributed by atoms with Gasteiger partial charge in [0.05, 0.1) is 13.2 Å². The minimum absolute atomic E-state index is 0.199. The molecular formula is C13H27NO2. The molecule has 0 atom stereocenters. The van der Waals surface area contributed by atoms with Crippen molar-refractivity contribution in [3.63, 3.8) is 0 Å². The Morgan fingerprint density at radius 2 is 1.50 bits per heavy atom. The molecule has 0 bridgehead atoms. The quantitative estimate of drug-likeness (QED) is 0.725. The molecule has 0 saturated heterocycles. The summed E-state index contributed by atoms with van der Waals surface area (Å²) in [5.41, 5.74) is 0.